The van der Waals surface area contributed by atoms with Gasteiger partial charge in [-0.3, -0.25) is 0 Å². The smallest absolute Gasteiger partial charge is 0.125 e. The molecule has 0 aliphatic heterocycles. The van der Waals surface area contributed by atoms with Gasteiger partial charge in [-0.05, 0) is 44.0 Å². The molecule has 2 N–H and O–H groups in total. The summed E-state index contributed by atoms with van der Waals surface area (Å²) in [6, 6.07) is 4.10. The molecule has 1 aromatic carbocycles. The highest BCUT2D eigenvalue weighted by Crippen LogP contribution is 2.28. The van der Waals surface area contributed by atoms with Crippen molar-refractivity contribution in [3.8, 4) is 11.1 Å². The predicted octanol–water partition coefficient (Wildman–Crippen LogP) is 3.75. The topological polar surface area (TPSA) is 61.7 Å². The van der Waals surface area contributed by atoms with Crippen molar-refractivity contribution in [2.45, 2.75) is 20.8 Å². The van der Waals surface area contributed by atoms with Gasteiger partial charge in [0, 0.05) is 41.5 Å². The molecule has 0 unspecified atom stereocenters. The van der Waals surface area contributed by atoms with Crippen molar-refractivity contribution < 1.29 is 0 Å². The highest BCUT2D eigenvalue weighted by atomic mass is 14.9. The fourth-order valence-electron chi connectivity index (χ4n) is 2.20. The normalized spacial score (nSPS) is 10.2. The van der Waals surface area contributed by atoms with E-state index in [0.29, 0.717) is 12.3 Å². The van der Waals surface area contributed by atoms with E-state index in [1.807, 2.05) is 38.4 Å². The molecule has 4 heteroatoms. The molecule has 0 spiro atoms. The zero-order chi connectivity index (χ0) is 15.4. The van der Waals surface area contributed by atoms with Gasteiger partial charge in [0.25, 0.3) is 0 Å². The largest absolute Gasteiger partial charge is 0.381 e. The standard InChI is InChI=1S/C17H20N4/c1-5-6-19-17-11(2)7-14(8-16(17)12(3)18)15-9-20-13(4)21-10-15/h5,7-10,18-19H,1,6H2,2-4H3. The summed E-state index contributed by atoms with van der Waals surface area (Å²) >= 11 is 0. The Morgan fingerprint density at radius 3 is 2.48 bits per heavy atom. The average Bonchev–Trinajstić information content (AvgIpc) is 2.46. The van der Waals surface area contributed by atoms with Crippen molar-refractivity contribution >= 4 is 11.4 Å². The van der Waals surface area contributed by atoms with Crippen LogP contribution in [0.3, 0.4) is 0 Å². The van der Waals surface area contributed by atoms with Crippen LogP contribution in [0.2, 0.25) is 0 Å². The highest BCUT2D eigenvalue weighted by Gasteiger charge is 2.11. The molecule has 0 atom stereocenters. The van der Waals surface area contributed by atoms with Crippen LogP contribution < -0.4 is 5.32 Å². The molecule has 0 aliphatic rings. The molecule has 21 heavy (non-hydrogen) atoms. The molecule has 1 aromatic heterocycles. The summed E-state index contributed by atoms with van der Waals surface area (Å²) in [5.41, 5.74) is 5.49. The third-order valence-corrected chi connectivity index (χ3v) is 3.28. The minimum absolute atomic E-state index is 0.527. The van der Waals surface area contributed by atoms with Crippen LogP contribution in [0.1, 0.15) is 23.9 Å². The first-order valence-corrected chi connectivity index (χ1v) is 6.87. The number of hydrogen-bond donors (Lipinski definition) is 2. The molecule has 0 aliphatic carbocycles. The second-order valence-electron chi connectivity index (χ2n) is 5.03. The lowest BCUT2D eigenvalue weighted by Crippen LogP contribution is -2.07. The van der Waals surface area contributed by atoms with Crippen molar-refractivity contribution in [1.82, 2.24) is 9.97 Å². The summed E-state index contributed by atoms with van der Waals surface area (Å²) in [5, 5.41) is 11.3. The molecule has 2 rings (SSSR count). The summed E-state index contributed by atoms with van der Waals surface area (Å²) in [5.74, 6) is 0.753. The Kier molecular flexibility index (Phi) is 4.48. The van der Waals surface area contributed by atoms with Gasteiger partial charge in [-0.25, -0.2) is 9.97 Å². The predicted molar refractivity (Wildman–Crippen MR) is 88.1 cm³/mol. The van der Waals surface area contributed by atoms with Gasteiger partial charge in [0.2, 0.25) is 0 Å². The monoisotopic (exact) mass is 280 g/mol. The first-order valence-electron chi connectivity index (χ1n) is 6.87. The maximum atomic E-state index is 8.00. The van der Waals surface area contributed by atoms with Crippen LogP contribution in [0.15, 0.2) is 37.2 Å². The number of hydrogen-bond acceptors (Lipinski definition) is 4. The number of nitrogens with one attached hydrogen (secondary N) is 2. The van der Waals surface area contributed by atoms with E-state index in [-0.39, 0.29) is 0 Å². The van der Waals surface area contributed by atoms with Gasteiger partial charge < -0.3 is 10.7 Å². The van der Waals surface area contributed by atoms with E-state index in [1.165, 1.54) is 0 Å². The molecule has 1 heterocycles. The van der Waals surface area contributed by atoms with Crippen molar-refractivity contribution in [2.24, 2.45) is 0 Å². The van der Waals surface area contributed by atoms with E-state index in [4.69, 9.17) is 5.41 Å². The Morgan fingerprint density at radius 2 is 1.90 bits per heavy atom. The van der Waals surface area contributed by atoms with Crippen LogP contribution in [0.5, 0.6) is 0 Å². The summed E-state index contributed by atoms with van der Waals surface area (Å²) in [4.78, 5) is 8.48. The van der Waals surface area contributed by atoms with Crippen LogP contribution in [-0.4, -0.2) is 22.2 Å². The Labute approximate surface area is 125 Å². The maximum Gasteiger partial charge on any atom is 0.125 e. The van der Waals surface area contributed by atoms with Crippen LogP contribution >= 0.6 is 0 Å². The minimum Gasteiger partial charge on any atom is -0.381 e. The zero-order valence-electron chi connectivity index (χ0n) is 12.7. The summed E-state index contributed by atoms with van der Waals surface area (Å²) < 4.78 is 0. The van der Waals surface area contributed by atoms with Gasteiger partial charge >= 0.3 is 0 Å². The molecule has 108 valence electrons. The third-order valence-electron chi connectivity index (χ3n) is 3.28. The van der Waals surface area contributed by atoms with E-state index in [1.54, 1.807) is 6.92 Å². The van der Waals surface area contributed by atoms with E-state index in [0.717, 1.165) is 33.8 Å². The molecular weight excluding hydrogens is 260 g/mol. The van der Waals surface area contributed by atoms with Crippen LogP contribution in [0.25, 0.3) is 11.1 Å². The van der Waals surface area contributed by atoms with E-state index < -0.39 is 0 Å². The molecule has 0 saturated carbocycles. The van der Waals surface area contributed by atoms with Crippen molar-refractivity contribution in [3.63, 3.8) is 0 Å². The Hall–Kier alpha value is -2.49. The van der Waals surface area contributed by atoms with Gasteiger partial charge in [-0.15, -0.1) is 6.58 Å². The van der Waals surface area contributed by atoms with Gasteiger partial charge in [-0.2, -0.15) is 0 Å². The van der Waals surface area contributed by atoms with Gasteiger partial charge in [0.1, 0.15) is 5.82 Å². The first-order chi connectivity index (χ1) is 10.0. The molecular formula is C17H20N4. The second kappa shape index (κ2) is 6.31. The number of nitrogens with zero attached hydrogens (tertiary/aromatic N) is 2. The zero-order valence-corrected chi connectivity index (χ0v) is 12.7. The fraction of sp³-hybridized carbons (Fsp3) is 0.235. The molecule has 0 fully saturated rings. The first kappa shape index (κ1) is 14.9. The summed E-state index contributed by atoms with van der Waals surface area (Å²) in [6.07, 6.45) is 5.44. The molecule has 0 saturated heterocycles. The van der Waals surface area contributed by atoms with Crippen molar-refractivity contribution in [3.05, 3.63) is 54.1 Å². The second-order valence-corrected chi connectivity index (χ2v) is 5.03. The number of aromatic nitrogens is 2. The minimum atomic E-state index is 0.527. The van der Waals surface area contributed by atoms with E-state index in [9.17, 15) is 0 Å². The highest BCUT2D eigenvalue weighted by molar-refractivity contribution is 6.03. The Bertz CT molecular complexity index is 672. The van der Waals surface area contributed by atoms with Gasteiger partial charge in [-0.1, -0.05) is 6.08 Å². The lowest BCUT2D eigenvalue weighted by Gasteiger charge is -2.15. The molecule has 0 bridgehead atoms. The van der Waals surface area contributed by atoms with Crippen LogP contribution in [-0.2, 0) is 0 Å². The van der Waals surface area contributed by atoms with E-state index >= 15 is 0 Å². The average molecular weight is 280 g/mol. The molecule has 2 aromatic rings. The molecule has 0 amide bonds. The Balaban J connectivity index is 2.52. The Morgan fingerprint density at radius 1 is 1.24 bits per heavy atom. The number of benzene rings is 1. The van der Waals surface area contributed by atoms with E-state index in [2.05, 4.69) is 27.9 Å². The summed E-state index contributed by atoms with van der Waals surface area (Å²) in [7, 11) is 0. The SMILES string of the molecule is C=CCNc1c(C)cc(-c2cnc(C)nc2)cc1C(C)=N. The van der Waals surface area contributed by atoms with Gasteiger partial charge in [0.05, 0.1) is 0 Å². The molecule has 0 radical (unpaired) electrons. The lowest BCUT2D eigenvalue weighted by molar-refractivity contribution is 1.06. The lowest BCUT2D eigenvalue weighted by atomic mass is 9.97. The quantitative estimate of drug-likeness (QED) is 0.647. The van der Waals surface area contributed by atoms with Crippen LogP contribution in [0.4, 0.5) is 5.69 Å². The molecule has 4 nitrogen and oxygen atoms in total. The van der Waals surface area contributed by atoms with Crippen molar-refractivity contribution in [1.29, 1.82) is 5.41 Å². The van der Waals surface area contributed by atoms with Crippen molar-refractivity contribution in [2.75, 3.05) is 11.9 Å². The fourth-order valence-corrected chi connectivity index (χ4v) is 2.20. The van der Waals surface area contributed by atoms with Gasteiger partial charge in [0.15, 0.2) is 0 Å². The number of aryl methyl sites for hydroxylation is 2. The number of anilines is 1. The maximum absolute atomic E-state index is 8.00. The van der Waals surface area contributed by atoms with Crippen LogP contribution in [0, 0.1) is 19.3 Å². The number of rotatable bonds is 5. The third kappa shape index (κ3) is 3.34. The summed E-state index contributed by atoms with van der Waals surface area (Å²) in [6.45, 7) is 10.1.